The molecule has 2 aromatic carbocycles. The molecule has 8 rings (SSSR count). The first-order chi connectivity index (χ1) is 25.4. The summed E-state index contributed by atoms with van der Waals surface area (Å²) in [6.45, 7) is 0. The molecule has 6 heterocycles. The summed E-state index contributed by atoms with van der Waals surface area (Å²) < 4.78 is 31.9. The standard InChI is InChI=1S/C19H13FN4.C11H9BFNO2.C8H6BrN3.CH4/c20-18-5-2-1-4-17(18)19-11-14(6-8-22-19)15-10-16(13-21-12-15)24-9-3-7-23-24;13-10-4-2-1-3-9(10)11-7-8(12(15)16)5-6-14-11;9-7-4-8(6-10-5-7)12-3-1-2-11-12;/h1-13H;1-7,15-16H;1-6H;1H4. The fraction of sp³-hybridized carbons (Fsp3) is 0.0256. The molecule has 0 spiro atoms. The zero-order valence-electron chi connectivity index (χ0n) is 27.2. The van der Waals surface area contributed by atoms with E-state index < -0.39 is 7.12 Å². The Bertz CT molecular complexity index is 2360. The molecule has 10 nitrogen and oxygen atoms in total. The highest BCUT2D eigenvalue weighted by atomic mass is 79.9. The Kier molecular flexibility index (Phi) is 13.1. The van der Waals surface area contributed by atoms with E-state index in [0.717, 1.165) is 27.0 Å². The molecule has 0 fully saturated rings. The number of halogens is 3. The average molecular weight is 773 g/mol. The van der Waals surface area contributed by atoms with Crippen LogP contribution in [0.1, 0.15) is 7.43 Å². The Morgan fingerprint density at radius 2 is 1.11 bits per heavy atom. The van der Waals surface area contributed by atoms with E-state index in [1.54, 1.807) is 89.1 Å². The van der Waals surface area contributed by atoms with Gasteiger partial charge in [-0.05, 0) is 99.8 Å². The van der Waals surface area contributed by atoms with Crippen molar-refractivity contribution in [2.24, 2.45) is 0 Å². The van der Waals surface area contributed by atoms with Gasteiger partial charge in [0, 0.05) is 70.7 Å². The second-order valence-electron chi connectivity index (χ2n) is 10.9. The van der Waals surface area contributed by atoms with Gasteiger partial charge in [0.15, 0.2) is 0 Å². The van der Waals surface area contributed by atoms with Gasteiger partial charge in [0.1, 0.15) is 11.6 Å². The van der Waals surface area contributed by atoms with Crippen molar-refractivity contribution in [2.75, 3.05) is 0 Å². The lowest BCUT2D eigenvalue weighted by Gasteiger charge is -2.07. The normalized spacial score (nSPS) is 10.2. The van der Waals surface area contributed by atoms with Crippen molar-refractivity contribution in [3.05, 3.63) is 175 Å². The van der Waals surface area contributed by atoms with Crippen molar-refractivity contribution in [1.29, 1.82) is 0 Å². The van der Waals surface area contributed by atoms with Crippen LogP contribution in [0.2, 0.25) is 0 Å². The molecule has 0 aliphatic heterocycles. The molecule has 0 atom stereocenters. The van der Waals surface area contributed by atoms with Gasteiger partial charge in [-0.1, -0.05) is 31.7 Å². The van der Waals surface area contributed by atoms with Crippen molar-refractivity contribution in [3.8, 4) is 45.0 Å². The van der Waals surface area contributed by atoms with Crippen LogP contribution in [-0.4, -0.2) is 56.7 Å². The molecule has 0 amide bonds. The quantitative estimate of drug-likeness (QED) is 0.168. The highest BCUT2D eigenvalue weighted by molar-refractivity contribution is 9.10. The Hall–Kier alpha value is -6.22. The summed E-state index contributed by atoms with van der Waals surface area (Å²) in [5.74, 6) is -0.676. The van der Waals surface area contributed by atoms with Crippen LogP contribution in [0.5, 0.6) is 0 Å². The molecule has 0 saturated carbocycles. The van der Waals surface area contributed by atoms with E-state index in [9.17, 15) is 8.78 Å². The highest BCUT2D eigenvalue weighted by Crippen LogP contribution is 2.27. The number of rotatable bonds is 6. The van der Waals surface area contributed by atoms with Gasteiger partial charge in [0.25, 0.3) is 0 Å². The first-order valence-electron chi connectivity index (χ1n) is 15.7. The monoisotopic (exact) mass is 772 g/mol. The zero-order chi connectivity index (χ0) is 36.3. The predicted molar refractivity (Wildman–Crippen MR) is 205 cm³/mol. The molecule has 0 saturated heterocycles. The van der Waals surface area contributed by atoms with E-state index in [1.165, 1.54) is 30.5 Å². The lowest BCUT2D eigenvalue weighted by Crippen LogP contribution is -2.29. The number of hydrogen-bond donors (Lipinski definition) is 2. The van der Waals surface area contributed by atoms with Crippen LogP contribution >= 0.6 is 15.9 Å². The van der Waals surface area contributed by atoms with Crippen LogP contribution in [0.15, 0.2) is 164 Å². The summed E-state index contributed by atoms with van der Waals surface area (Å²) in [7, 11) is -1.58. The van der Waals surface area contributed by atoms with Crippen molar-refractivity contribution in [3.63, 3.8) is 0 Å². The summed E-state index contributed by atoms with van der Waals surface area (Å²) in [4.78, 5) is 16.6. The van der Waals surface area contributed by atoms with Crippen LogP contribution in [0.4, 0.5) is 8.78 Å². The van der Waals surface area contributed by atoms with Crippen molar-refractivity contribution in [2.45, 2.75) is 7.43 Å². The largest absolute Gasteiger partial charge is 0.488 e. The van der Waals surface area contributed by atoms with Gasteiger partial charge in [-0.25, -0.2) is 18.1 Å². The molecular weight excluding hydrogens is 741 g/mol. The summed E-state index contributed by atoms with van der Waals surface area (Å²) >= 11 is 3.34. The van der Waals surface area contributed by atoms with E-state index in [2.05, 4.69) is 46.1 Å². The molecule has 0 unspecified atom stereocenters. The van der Waals surface area contributed by atoms with E-state index in [-0.39, 0.29) is 24.5 Å². The average Bonchev–Trinajstić information content (AvgIpc) is 3.93. The lowest BCUT2D eigenvalue weighted by molar-refractivity contribution is 0.425. The maximum atomic E-state index is 14.0. The molecule has 53 heavy (non-hydrogen) atoms. The second-order valence-corrected chi connectivity index (χ2v) is 11.8. The fourth-order valence-corrected chi connectivity index (χ4v) is 5.28. The maximum absolute atomic E-state index is 14.0. The third kappa shape index (κ3) is 9.98. The minimum absolute atomic E-state index is 0. The first kappa shape index (κ1) is 38.0. The van der Waals surface area contributed by atoms with E-state index in [0.29, 0.717) is 22.5 Å². The van der Waals surface area contributed by atoms with Crippen LogP contribution in [-0.2, 0) is 0 Å². The molecule has 2 N–H and O–H groups in total. The lowest BCUT2D eigenvalue weighted by atomic mass is 9.80. The molecule has 0 radical (unpaired) electrons. The zero-order valence-corrected chi connectivity index (χ0v) is 28.8. The first-order valence-corrected chi connectivity index (χ1v) is 16.5. The molecule has 6 aromatic heterocycles. The number of pyridine rings is 4. The molecule has 264 valence electrons. The van der Waals surface area contributed by atoms with Gasteiger partial charge in [-0.3, -0.25) is 19.9 Å². The minimum Gasteiger partial charge on any atom is -0.423 e. The molecule has 0 aliphatic rings. The number of benzene rings is 2. The summed E-state index contributed by atoms with van der Waals surface area (Å²) in [5, 5.41) is 26.3. The summed E-state index contributed by atoms with van der Waals surface area (Å²) in [6.07, 6.45) is 17.3. The van der Waals surface area contributed by atoms with Gasteiger partial charge < -0.3 is 10.0 Å². The Morgan fingerprint density at radius 1 is 0.566 bits per heavy atom. The fourth-order valence-electron chi connectivity index (χ4n) is 4.93. The van der Waals surface area contributed by atoms with Crippen molar-refractivity contribution < 1.29 is 18.8 Å². The third-order valence-corrected chi connectivity index (χ3v) is 7.86. The van der Waals surface area contributed by atoms with Crippen molar-refractivity contribution >= 4 is 28.5 Å². The van der Waals surface area contributed by atoms with E-state index in [1.807, 2.05) is 48.8 Å². The summed E-state index contributed by atoms with van der Waals surface area (Å²) in [5.41, 5.74) is 5.73. The smallest absolute Gasteiger partial charge is 0.423 e. The highest BCUT2D eigenvalue weighted by Gasteiger charge is 2.13. The van der Waals surface area contributed by atoms with Crippen molar-refractivity contribution in [1.82, 2.24) is 39.5 Å². The molecular formula is C39H32BBrF2N8O2. The minimum atomic E-state index is -1.58. The Morgan fingerprint density at radius 3 is 1.66 bits per heavy atom. The third-order valence-electron chi connectivity index (χ3n) is 7.43. The molecule has 0 aliphatic carbocycles. The van der Waals surface area contributed by atoms with Crippen LogP contribution in [0.3, 0.4) is 0 Å². The SMILES string of the molecule is Brc1cncc(-n2cccn2)c1.C.Fc1ccccc1-c1cc(-c2cncc(-n3cccn3)c2)ccn1.OB(O)c1ccnc(-c2ccccc2F)c1. The Labute approximate surface area is 313 Å². The van der Waals surface area contributed by atoms with Crippen LogP contribution in [0.25, 0.3) is 45.0 Å². The van der Waals surface area contributed by atoms with Gasteiger partial charge >= 0.3 is 7.12 Å². The van der Waals surface area contributed by atoms with Crippen LogP contribution in [0, 0.1) is 11.6 Å². The van der Waals surface area contributed by atoms with Gasteiger partial charge in [0.05, 0.1) is 35.2 Å². The number of nitrogens with zero attached hydrogens (tertiary/aromatic N) is 8. The second kappa shape index (κ2) is 18.3. The number of hydrogen-bond acceptors (Lipinski definition) is 8. The van der Waals surface area contributed by atoms with Gasteiger partial charge in [-0.15, -0.1) is 0 Å². The predicted octanol–water partition coefficient (Wildman–Crippen LogP) is 7.37. The van der Waals surface area contributed by atoms with Gasteiger partial charge in [-0.2, -0.15) is 10.2 Å². The Balaban J connectivity index is 0.000000162. The topological polar surface area (TPSA) is 128 Å². The molecule has 8 aromatic rings. The number of aromatic nitrogens is 8. The van der Waals surface area contributed by atoms with E-state index >= 15 is 0 Å². The molecule has 14 heteroatoms. The van der Waals surface area contributed by atoms with Gasteiger partial charge in [0.2, 0.25) is 0 Å². The molecule has 0 bridgehead atoms. The maximum Gasteiger partial charge on any atom is 0.488 e. The van der Waals surface area contributed by atoms with E-state index in [4.69, 9.17) is 10.0 Å². The van der Waals surface area contributed by atoms with Crippen LogP contribution < -0.4 is 5.46 Å². The summed E-state index contributed by atoms with van der Waals surface area (Å²) in [6, 6.07) is 27.2.